The van der Waals surface area contributed by atoms with Crippen LogP contribution in [0.15, 0.2) is 71.3 Å². The molecule has 2 N–H and O–H groups in total. The first-order valence-electron chi connectivity index (χ1n) is 8.01. The van der Waals surface area contributed by atoms with E-state index in [0.29, 0.717) is 10.6 Å². The number of hydrogen-bond donors (Lipinski definition) is 2. The standard InChI is InChI=1S/C20H17ClN2O3/c1-13-5-2-3-6-16(13)22-19(23-20(25)17-7-4-12-26-17)18(24)14-8-10-15(21)11-9-14/h2-12,19,22H,1H3,(H,23,25)/t19-/m0/s1. The predicted octanol–water partition coefficient (Wildman–Crippen LogP) is 4.29. The average Bonchev–Trinajstić information content (AvgIpc) is 3.18. The summed E-state index contributed by atoms with van der Waals surface area (Å²) in [5, 5.41) is 6.31. The molecule has 0 radical (unpaired) electrons. The van der Waals surface area contributed by atoms with E-state index in [4.69, 9.17) is 16.0 Å². The molecule has 2 aromatic carbocycles. The van der Waals surface area contributed by atoms with Crippen LogP contribution in [0.2, 0.25) is 5.02 Å². The van der Waals surface area contributed by atoms with Gasteiger partial charge >= 0.3 is 0 Å². The normalized spacial score (nSPS) is 11.6. The number of halogens is 1. The maximum atomic E-state index is 12.9. The SMILES string of the molecule is Cc1ccccc1N[C@@H](NC(=O)c1ccco1)C(=O)c1ccc(Cl)cc1. The lowest BCUT2D eigenvalue weighted by molar-refractivity contribution is 0.0852. The first-order chi connectivity index (χ1) is 12.5. The molecule has 26 heavy (non-hydrogen) atoms. The molecule has 0 bridgehead atoms. The summed E-state index contributed by atoms with van der Waals surface area (Å²) in [6, 6.07) is 17.2. The van der Waals surface area contributed by atoms with Crippen molar-refractivity contribution in [3.05, 3.63) is 88.8 Å². The fourth-order valence-corrected chi connectivity index (χ4v) is 2.57. The molecule has 0 fully saturated rings. The van der Waals surface area contributed by atoms with Gasteiger partial charge in [0.2, 0.25) is 5.78 Å². The number of aryl methyl sites for hydroxylation is 1. The fourth-order valence-electron chi connectivity index (χ4n) is 2.45. The van der Waals surface area contributed by atoms with Gasteiger partial charge in [-0.05, 0) is 55.0 Å². The minimum absolute atomic E-state index is 0.130. The van der Waals surface area contributed by atoms with Crippen molar-refractivity contribution in [2.75, 3.05) is 5.32 Å². The Bertz CT molecular complexity index is 905. The summed E-state index contributed by atoms with van der Waals surface area (Å²) in [6.45, 7) is 1.92. The van der Waals surface area contributed by atoms with Gasteiger partial charge in [-0.1, -0.05) is 29.8 Å². The molecule has 0 aliphatic rings. The van der Waals surface area contributed by atoms with Crippen LogP contribution in [0, 0.1) is 6.92 Å². The lowest BCUT2D eigenvalue weighted by Crippen LogP contribution is -2.46. The van der Waals surface area contributed by atoms with Crippen molar-refractivity contribution < 1.29 is 14.0 Å². The number of ketones is 1. The summed E-state index contributed by atoms with van der Waals surface area (Å²) in [6.07, 6.45) is 0.439. The summed E-state index contributed by atoms with van der Waals surface area (Å²) in [5.41, 5.74) is 2.13. The van der Waals surface area contributed by atoms with Gasteiger partial charge in [-0.3, -0.25) is 9.59 Å². The molecule has 0 aliphatic heterocycles. The molecule has 1 aromatic heterocycles. The monoisotopic (exact) mass is 368 g/mol. The van der Waals surface area contributed by atoms with Crippen LogP contribution in [-0.2, 0) is 0 Å². The number of carbonyl (C=O) groups excluding carboxylic acids is 2. The number of amides is 1. The highest BCUT2D eigenvalue weighted by molar-refractivity contribution is 6.30. The number of para-hydroxylation sites is 1. The summed E-state index contributed by atoms with van der Waals surface area (Å²) in [7, 11) is 0. The van der Waals surface area contributed by atoms with Gasteiger partial charge in [-0.2, -0.15) is 0 Å². The molecular weight excluding hydrogens is 352 g/mol. The van der Waals surface area contributed by atoms with Crippen LogP contribution in [-0.4, -0.2) is 17.9 Å². The van der Waals surface area contributed by atoms with Crippen molar-refractivity contribution >= 4 is 29.0 Å². The Hall–Kier alpha value is -3.05. The highest BCUT2D eigenvalue weighted by atomic mass is 35.5. The lowest BCUT2D eigenvalue weighted by Gasteiger charge is -2.21. The molecule has 5 nitrogen and oxygen atoms in total. The quantitative estimate of drug-likeness (QED) is 0.503. The van der Waals surface area contributed by atoms with Crippen LogP contribution in [0.3, 0.4) is 0 Å². The third-order valence-corrected chi connectivity index (χ3v) is 4.11. The van der Waals surface area contributed by atoms with Crippen LogP contribution in [0.25, 0.3) is 0 Å². The molecule has 1 heterocycles. The van der Waals surface area contributed by atoms with Gasteiger partial charge in [0.1, 0.15) is 0 Å². The smallest absolute Gasteiger partial charge is 0.288 e. The molecule has 0 aliphatic carbocycles. The maximum Gasteiger partial charge on any atom is 0.288 e. The number of benzene rings is 2. The van der Waals surface area contributed by atoms with Crippen molar-refractivity contribution in [2.45, 2.75) is 13.1 Å². The number of carbonyl (C=O) groups is 2. The van der Waals surface area contributed by atoms with Crippen molar-refractivity contribution in [2.24, 2.45) is 0 Å². The molecule has 0 unspecified atom stereocenters. The fraction of sp³-hybridized carbons (Fsp3) is 0.100. The third-order valence-electron chi connectivity index (χ3n) is 3.86. The number of Topliss-reactive ketones (excluding diaryl/α,β-unsaturated/α-hetero) is 1. The molecule has 3 aromatic rings. The van der Waals surface area contributed by atoms with Crippen molar-refractivity contribution in [1.29, 1.82) is 0 Å². The van der Waals surface area contributed by atoms with E-state index in [1.165, 1.54) is 12.3 Å². The predicted molar refractivity (Wildman–Crippen MR) is 101 cm³/mol. The summed E-state index contributed by atoms with van der Waals surface area (Å²) < 4.78 is 5.10. The number of nitrogens with one attached hydrogen (secondary N) is 2. The van der Waals surface area contributed by atoms with Gasteiger partial charge in [0.15, 0.2) is 11.9 Å². The number of rotatable bonds is 6. The highest BCUT2D eigenvalue weighted by Crippen LogP contribution is 2.17. The molecule has 1 atom stereocenters. The van der Waals surface area contributed by atoms with Crippen molar-refractivity contribution in [3.8, 4) is 0 Å². The topological polar surface area (TPSA) is 71.3 Å². The molecular formula is C20H17ClN2O3. The summed E-state index contributed by atoms with van der Waals surface area (Å²) >= 11 is 5.89. The van der Waals surface area contributed by atoms with Crippen LogP contribution in [0.5, 0.6) is 0 Å². The van der Waals surface area contributed by atoms with Gasteiger partial charge in [0.25, 0.3) is 5.91 Å². The minimum atomic E-state index is -0.963. The summed E-state index contributed by atoms with van der Waals surface area (Å²) in [4.78, 5) is 25.3. The molecule has 0 spiro atoms. The Morgan fingerprint density at radius 3 is 2.38 bits per heavy atom. The van der Waals surface area contributed by atoms with E-state index in [1.54, 1.807) is 30.3 Å². The summed E-state index contributed by atoms with van der Waals surface area (Å²) in [5.74, 6) is -0.640. The average molecular weight is 369 g/mol. The van der Waals surface area contributed by atoms with Gasteiger partial charge in [-0.25, -0.2) is 0 Å². The maximum absolute atomic E-state index is 12.9. The molecule has 0 saturated carbocycles. The second-order valence-electron chi connectivity index (χ2n) is 5.71. The van der Waals surface area contributed by atoms with Crippen molar-refractivity contribution in [3.63, 3.8) is 0 Å². The zero-order valence-electron chi connectivity index (χ0n) is 14.0. The van der Waals surface area contributed by atoms with Crippen LogP contribution in [0.1, 0.15) is 26.5 Å². The van der Waals surface area contributed by atoms with E-state index in [-0.39, 0.29) is 11.5 Å². The zero-order valence-corrected chi connectivity index (χ0v) is 14.8. The van der Waals surface area contributed by atoms with Gasteiger partial charge in [-0.15, -0.1) is 0 Å². The number of furan rings is 1. The van der Waals surface area contributed by atoms with Crippen LogP contribution < -0.4 is 10.6 Å². The van der Waals surface area contributed by atoms with Crippen LogP contribution in [0.4, 0.5) is 5.69 Å². The van der Waals surface area contributed by atoms with Gasteiger partial charge in [0, 0.05) is 16.3 Å². The van der Waals surface area contributed by atoms with E-state index >= 15 is 0 Å². The van der Waals surface area contributed by atoms with E-state index in [2.05, 4.69) is 10.6 Å². The van der Waals surface area contributed by atoms with Crippen molar-refractivity contribution in [1.82, 2.24) is 5.32 Å². The second kappa shape index (κ2) is 7.89. The molecule has 3 rings (SSSR count). The van der Waals surface area contributed by atoms with E-state index in [1.807, 2.05) is 31.2 Å². The zero-order chi connectivity index (χ0) is 18.5. The molecule has 132 valence electrons. The minimum Gasteiger partial charge on any atom is -0.459 e. The first-order valence-corrected chi connectivity index (χ1v) is 8.39. The van der Waals surface area contributed by atoms with Gasteiger partial charge in [0.05, 0.1) is 6.26 Å². The van der Waals surface area contributed by atoms with Crippen LogP contribution >= 0.6 is 11.6 Å². The molecule has 1 amide bonds. The van der Waals surface area contributed by atoms with E-state index in [9.17, 15) is 9.59 Å². The molecule has 6 heteroatoms. The first kappa shape index (κ1) is 17.8. The van der Waals surface area contributed by atoms with E-state index < -0.39 is 12.1 Å². The number of hydrogen-bond acceptors (Lipinski definition) is 4. The third kappa shape index (κ3) is 4.13. The molecule has 0 saturated heterocycles. The number of anilines is 1. The Morgan fingerprint density at radius 1 is 1.00 bits per heavy atom. The Balaban J connectivity index is 1.87. The Kier molecular flexibility index (Phi) is 5.39. The largest absolute Gasteiger partial charge is 0.459 e. The lowest BCUT2D eigenvalue weighted by atomic mass is 10.1. The Morgan fingerprint density at radius 2 is 1.73 bits per heavy atom. The van der Waals surface area contributed by atoms with E-state index in [0.717, 1.165) is 11.3 Å². The Labute approximate surface area is 156 Å². The van der Waals surface area contributed by atoms with Gasteiger partial charge < -0.3 is 15.1 Å². The highest BCUT2D eigenvalue weighted by Gasteiger charge is 2.24. The second-order valence-corrected chi connectivity index (χ2v) is 6.15.